The van der Waals surface area contributed by atoms with Crippen molar-refractivity contribution in [2.75, 3.05) is 39.3 Å². The predicted octanol–water partition coefficient (Wildman–Crippen LogP) is 3.98. The molecule has 4 heterocycles. The number of likely N-dealkylation sites (tertiary alicyclic amines) is 3. The molecule has 1 amide bonds. The first-order valence-corrected chi connectivity index (χ1v) is 12.0. The van der Waals surface area contributed by atoms with Crippen molar-refractivity contribution >= 4 is 29.1 Å². The molecule has 6 nitrogen and oxygen atoms in total. The summed E-state index contributed by atoms with van der Waals surface area (Å²) >= 11 is 12.5. The van der Waals surface area contributed by atoms with E-state index in [1.807, 2.05) is 34.0 Å². The number of carbonyl (C=O) groups excluding carboxylic acids is 1. The van der Waals surface area contributed by atoms with E-state index in [0.717, 1.165) is 80.9 Å². The molecule has 0 radical (unpaired) electrons. The molecule has 5 rings (SSSR count). The van der Waals surface area contributed by atoms with Crippen LogP contribution in [0.2, 0.25) is 10.0 Å². The second kappa shape index (κ2) is 8.74. The molecule has 1 atom stereocenters. The minimum atomic E-state index is 0.118. The predicted molar refractivity (Wildman–Crippen MR) is 122 cm³/mol. The minimum Gasteiger partial charge on any atom is -0.339 e. The van der Waals surface area contributed by atoms with Crippen molar-refractivity contribution < 1.29 is 4.79 Å². The van der Waals surface area contributed by atoms with E-state index in [-0.39, 0.29) is 5.91 Å². The number of hydrogen-bond donors (Lipinski definition) is 0. The minimum absolute atomic E-state index is 0.118. The Balaban J connectivity index is 1.16. The smallest absolute Gasteiger partial charge is 0.257 e. The van der Waals surface area contributed by atoms with E-state index in [1.54, 1.807) is 6.20 Å². The Bertz CT molecular complexity index is 957. The standard InChI is InChI=1S/C23H29Cl2N5O/c24-20-3-4-21(25)18(11-20)13-27-9-5-23(15-27)6-10-28(16-23)17-30-14-19(12-26-30)22(31)29-7-1-2-8-29/h3-4,11-12,14H,1-2,5-10,13,15-17H2. The lowest BCUT2D eigenvalue weighted by atomic mass is 9.86. The zero-order valence-electron chi connectivity index (χ0n) is 17.8. The number of hydrogen-bond acceptors (Lipinski definition) is 4. The quantitative estimate of drug-likeness (QED) is 0.675. The average molecular weight is 462 g/mol. The Morgan fingerprint density at radius 2 is 1.77 bits per heavy atom. The molecule has 3 aliphatic rings. The normalized spacial score (nSPS) is 24.6. The summed E-state index contributed by atoms with van der Waals surface area (Å²) in [4.78, 5) is 19.5. The van der Waals surface area contributed by atoms with Crippen molar-refractivity contribution in [3.63, 3.8) is 0 Å². The van der Waals surface area contributed by atoms with Gasteiger partial charge in [0.2, 0.25) is 0 Å². The van der Waals surface area contributed by atoms with Gasteiger partial charge >= 0.3 is 0 Å². The summed E-state index contributed by atoms with van der Waals surface area (Å²) in [5, 5.41) is 5.99. The second-order valence-electron chi connectivity index (χ2n) is 9.41. The van der Waals surface area contributed by atoms with Gasteiger partial charge in [0.25, 0.3) is 5.91 Å². The third kappa shape index (κ3) is 4.63. The van der Waals surface area contributed by atoms with Gasteiger partial charge in [0, 0.05) is 55.5 Å². The lowest BCUT2D eigenvalue weighted by Crippen LogP contribution is -2.32. The van der Waals surface area contributed by atoms with Crippen LogP contribution in [0, 0.1) is 5.41 Å². The topological polar surface area (TPSA) is 44.6 Å². The molecular formula is C23H29Cl2N5O. The summed E-state index contributed by atoms with van der Waals surface area (Å²) in [6.45, 7) is 7.66. The molecule has 0 N–H and O–H groups in total. The molecular weight excluding hydrogens is 433 g/mol. The number of carbonyl (C=O) groups is 1. The van der Waals surface area contributed by atoms with Gasteiger partial charge in [-0.2, -0.15) is 5.10 Å². The van der Waals surface area contributed by atoms with Crippen molar-refractivity contribution in [2.24, 2.45) is 5.41 Å². The fraction of sp³-hybridized carbons (Fsp3) is 0.565. The molecule has 1 spiro atoms. The molecule has 3 fully saturated rings. The van der Waals surface area contributed by atoms with E-state index in [4.69, 9.17) is 23.2 Å². The molecule has 8 heteroatoms. The number of halogens is 2. The summed E-state index contributed by atoms with van der Waals surface area (Å²) in [5.41, 5.74) is 2.15. The van der Waals surface area contributed by atoms with Gasteiger partial charge in [-0.1, -0.05) is 23.2 Å². The van der Waals surface area contributed by atoms with Gasteiger partial charge in [-0.3, -0.25) is 19.3 Å². The average Bonchev–Trinajstić information content (AvgIpc) is 3.54. The first-order chi connectivity index (χ1) is 15.0. The Kier molecular flexibility index (Phi) is 5.99. The van der Waals surface area contributed by atoms with Crippen LogP contribution in [0.3, 0.4) is 0 Å². The zero-order chi connectivity index (χ0) is 21.4. The largest absolute Gasteiger partial charge is 0.339 e. The summed E-state index contributed by atoms with van der Waals surface area (Å²) in [6.07, 6.45) is 8.26. The van der Waals surface area contributed by atoms with E-state index in [9.17, 15) is 4.79 Å². The fourth-order valence-electron chi connectivity index (χ4n) is 5.41. The van der Waals surface area contributed by atoms with Gasteiger partial charge in [0.15, 0.2) is 0 Å². The van der Waals surface area contributed by atoms with Crippen LogP contribution in [-0.2, 0) is 13.2 Å². The van der Waals surface area contributed by atoms with Crippen molar-refractivity contribution in [3.05, 3.63) is 51.8 Å². The van der Waals surface area contributed by atoms with Crippen LogP contribution in [-0.4, -0.2) is 69.7 Å². The highest BCUT2D eigenvalue weighted by Gasteiger charge is 2.43. The lowest BCUT2D eigenvalue weighted by Gasteiger charge is -2.25. The van der Waals surface area contributed by atoms with E-state index < -0.39 is 0 Å². The summed E-state index contributed by atoms with van der Waals surface area (Å²) in [5.74, 6) is 0.118. The van der Waals surface area contributed by atoms with Crippen LogP contribution in [0.4, 0.5) is 0 Å². The molecule has 31 heavy (non-hydrogen) atoms. The van der Waals surface area contributed by atoms with E-state index in [1.165, 1.54) is 12.8 Å². The number of nitrogens with zero attached hydrogens (tertiary/aromatic N) is 5. The van der Waals surface area contributed by atoms with Crippen LogP contribution in [0.5, 0.6) is 0 Å². The van der Waals surface area contributed by atoms with Crippen LogP contribution in [0.15, 0.2) is 30.6 Å². The first-order valence-electron chi connectivity index (χ1n) is 11.2. The van der Waals surface area contributed by atoms with Crippen molar-refractivity contribution in [3.8, 4) is 0 Å². The van der Waals surface area contributed by atoms with E-state index in [2.05, 4.69) is 14.9 Å². The van der Waals surface area contributed by atoms with Crippen molar-refractivity contribution in [1.29, 1.82) is 0 Å². The van der Waals surface area contributed by atoms with Crippen LogP contribution in [0.1, 0.15) is 41.6 Å². The summed E-state index contributed by atoms with van der Waals surface area (Å²) in [6, 6.07) is 5.71. The molecule has 0 bridgehead atoms. The lowest BCUT2D eigenvalue weighted by molar-refractivity contribution is 0.0792. The third-order valence-corrected chi connectivity index (χ3v) is 7.66. The maximum Gasteiger partial charge on any atom is 0.257 e. The Labute approximate surface area is 193 Å². The molecule has 2 aromatic rings. The molecule has 0 saturated carbocycles. The van der Waals surface area contributed by atoms with Crippen LogP contribution in [0.25, 0.3) is 0 Å². The molecule has 1 aromatic heterocycles. The van der Waals surface area contributed by atoms with Gasteiger partial charge in [-0.25, -0.2) is 0 Å². The van der Waals surface area contributed by atoms with Gasteiger partial charge in [-0.15, -0.1) is 0 Å². The highest BCUT2D eigenvalue weighted by molar-refractivity contribution is 6.33. The number of rotatable bonds is 5. The molecule has 1 unspecified atom stereocenters. The number of benzene rings is 1. The van der Waals surface area contributed by atoms with Crippen molar-refractivity contribution in [2.45, 2.75) is 38.9 Å². The summed E-state index contributed by atoms with van der Waals surface area (Å²) in [7, 11) is 0. The maximum absolute atomic E-state index is 12.6. The Morgan fingerprint density at radius 1 is 1.03 bits per heavy atom. The van der Waals surface area contributed by atoms with Gasteiger partial charge in [0.1, 0.15) is 0 Å². The second-order valence-corrected chi connectivity index (χ2v) is 10.3. The monoisotopic (exact) mass is 461 g/mol. The van der Waals surface area contributed by atoms with Gasteiger partial charge in [-0.05, 0) is 61.4 Å². The number of amides is 1. The molecule has 1 aromatic carbocycles. The van der Waals surface area contributed by atoms with Crippen LogP contribution >= 0.6 is 23.2 Å². The number of aromatic nitrogens is 2. The SMILES string of the molecule is O=C(c1cnn(CN2CCC3(CCN(Cc4cc(Cl)ccc4Cl)C3)C2)c1)N1CCCC1. The van der Waals surface area contributed by atoms with E-state index >= 15 is 0 Å². The third-order valence-electron chi connectivity index (χ3n) is 7.05. The highest BCUT2D eigenvalue weighted by atomic mass is 35.5. The van der Waals surface area contributed by atoms with Gasteiger partial charge in [0.05, 0.1) is 18.4 Å². The fourth-order valence-corrected chi connectivity index (χ4v) is 5.78. The first kappa shape index (κ1) is 21.3. The van der Waals surface area contributed by atoms with Gasteiger partial charge < -0.3 is 4.90 Å². The Hall–Kier alpha value is -1.60. The summed E-state index contributed by atoms with van der Waals surface area (Å²) < 4.78 is 1.92. The Morgan fingerprint density at radius 3 is 2.58 bits per heavy atom. The van der Waals surface area contributed by atoms with Crippen molar-refractivity contribution in [1.82, 2.24) is 24.5 Å². The van der Waals surface area contributed by atoms with Crippen LogP contribution < -0.4 is 0 Å². The zero-order valence-corrected chi connectivity index (χ0v) is 19.3. The van der Waals surface area contributed by atoms with E-state index in [0.29, 0.717) is 11.0 Å². The molecule has 3 aliphatic heterocycles. The molecule has 166 valence electrons. The molecule has 0 aliphatic carbocycles. The molecule has 3 saturated heterocycles. The maximum atomic E-state index is 12.6. The highest BCUT2D eigenvalue weighted by Crippen LogP contribution is 2.40.